The number of benzene rings is 2. The summed E-state index contributed by atoms with van der Waals surface area (Å²) in [7, 11) is -0.0101. The predicted octanol–water partition coefficient (Wildman–Crippen LogP) is -2.29. The molecule has 3 aliphatic heterocycles. The number of likely N-dealkylation sites (tertiary alicyclic amines) is 3. The van der Waals surface area contributed by atoms with E-state index < -0.39 is 236 Å². The van der Waals surface area contributed by atoms with Crippen molar-refractivity contribution in [2.24, 2.45) is 17.8 Å². The summed E-state index contributed by atoms with van der Waals surface area (Å²) >= 11 is 6.15. The first-order valence-corrected chi connectivity index (χ1v) is 44.1. The third kappa shape index (κ3) is 30.5. The predicted molar refractivity (Wildman–Crippen MR) is 435 cm³/mol. The van der Waals surface area contributed by atoms with Crippen LogP contribution in [0.3, 0.4) is 0 Å². The Morgan fingerprint density at radius 2 is 1.07 bits per heavy atom. The number of aliphatic hydroxyl groups excluding tert-OH is 1. The van der Waals surface area contributed by atoms with Crippen molar-refractivity contribution in [2.45, 2.75) is 204 Å². The topological polar surface area (TPSA) is 484 Å². The Morgan fingerprint density at radius 1 is 0.547 bits per heavy atom. The Kier molecular flexibility index (Phi) is 38.7. The van der Waals surface area contributed by atoms with Gasteiger partial charge in [-0.15, -0.1) is 0 Å². The van der Waals surface area contributed by atoms with Crippen LogP contribution < -0.4 is 53.2 Å². The average molecular weight is 1700 g/mol. The number of nitrogens with one attached hydrogen (secondary N) is 10. The van der Waals surface area contributed by atoms with Crippen molar-refractivity contribution >= 4 is 120 Å². The monoisotopic (exact) mass is 1700 g/mol. The third-order valence-corrected chi connectivity index (χ3v) is 23.1. The van der Waals surface area contributed by atoms with Gasteiger partial charge < -0.3 is 87.7 Å². The largest absolute Gasteiger partial charge is 0.394 e. The van der Waals surface area contributed by atoms with Crippen LogP contribution >= 0.6 is 11.6 Å². The molecule has 3 heterocycles. The lowest BCUT2D eigenvalue weighted by atomic mass is 9.94. The molecule has 2 aromatic carbocycles. The number of aliphatic hydroxyl groups is 1. The Labute approximate surface area is 690 Å². The van der Waals surface area contributed by atoms with Crippen LogP contribution in [0.4, 0.5) is 0 Å². The molecular formula is C78H121ClN16O20S2. The maximum Gasteiger partial charge on any atom is 0.246 e. The number of hydrogen-bond donors (Lipinski definition) is 11. The SMILES string of the molecule is CC[C@H](C)[C@H](NC(=O)[C@@H](NC(=O)[C@@H]1CCCN1C(=O)[C@H](C)NC(=O)C[C@H](NC(=O)[C@H](CCS(C)(=O)=O)NC(=O)[C@@H](NC(=O)CCc1cccc(Cl)c1)C(C)C)C(=O)N1CCC[C@H]1C(=O)N(C)CC(=O)N[C@@H](CO)C(=O)NCCN(C)C)C(C)C)C(=O)N(C)[C@@H](Cc1ccccc1)C(=O)N[C@@H](CCS(C)(=O)=O)C(=O)N1CCCC1C(=O)NC. The first-order valence-electron chi connectivity index (χ1n) is 39.6. The van der Waals surface area contributed by atoms with Gasteiger partial charge in [0.25, 0.3) is 0 Å². The summed E-state index contributed by atoms with van der Waals surface area (Å²) in [5, 5.41) is 36.5. The molecule has 117 heavy (non-hydrogen) atoms. The van der Waals surface area contributed by atoms with Crippen LogP contribution in [0.15, 0.2) is 54.6 Å². The maximum atomic E-state index is 15.2. The first-order chi connectivity index (χ1) is 54.9. The molecule has 13 atom stereocenters. The highest BCUT2D eigenvalue weighted by Gasteiger charge is 2.45. The quantitative estimate of drug-likeness (QED) is 0.0332. The van der Waals surface area contributed by atoms with Crippen molar-refractivity contribution in [1.82, 2.24) is 82.6 Å². The second-order valence-corrected chi connectivity index (χ2v) is 36.4. The van der Waals surface area contributed by atoms with E-state index in [1.807, 2.05) is 0 Å². The van der Waals surface area contributed by atoms with Crippen molar-refractivity contribution in [3.05, 3.63) is 70.7 Å². The van der Waals surface area contributed by atoms with Crippen LogP contribution in [-0.4, -0.2) is 318 Å². The summed E-state index contributed by atoms with van der Waals surface area (Å²) in [6.07, 6.45) is 1.61. The molecule has 1 unspecified atom stereocenters. The Hall–Kier alpha value is -9.40. The summed E-state index contributed by atoms with van der Waals surface area (Å²) in [5.41, 5.74) is 1.32. The minimum Gasteiger partial charge on any atom is -0.394 e. The summed E-state index contributed by atoms with van der Waals surface area (Å²) in [4.78, 5) is 221. The summed E-state index contributed by atoms with van der Waals surface area (Å²) in [6.45, 7) is 10.4. The van der Waals surface area contributed by atoms with Gasteiger partial charge in [0.15, 0.2) is 0 Å². The molecule has 0 saturated carbocycles. The van der Waals surface area contributed by atoms with E-state index in [9.17, 15) is 84.3 Å². The molecule has 15 amide bonds. The van der Waals surface area contributed by atoms with Crippen LogP contribution in [0.5, 0.6) is 0 Å². The summed E-state index contributed by atoms with van der Waals surface area (Å²) in [5.74, 6) is -15.3. The zero-order valence-corrected chi connectivity index (χ0v) is 71.9. The molecule has 39 heteroatoms. The molecule has 11 N–H and O–H groups in total. The third-order valence-electron chi connectivity index (χ3n) is 21.0. The van der Waals surface area contributed by atoms with Crippen LogP contribution in [0, 0.1) is 17.8 Å². The van der Waals surface area contributed by atoms with Gasteiger partial charge in [0.1, 0.15) is 92.2 Å². The average Bonchev–Trinajstić information content (AvgIpc) is 1.79. The molecule has 36 nitrogen and oxygen atoms in total. The lowest BCUT2D eigenvalue weighted by Gasteiger charge is -2.35. The zero-order chi connectivity index (χ0) is 87.5. The number of halogens is 1. The number of carbonyl (C=O) groups is 15. The highest BCUT2D eigenvalue weighted by Crippen LogP contribution is 2.26. The maximum absolute atomic E-state index is 15.2. The van der Waals surface area contributed by atoms with Crippen LogP contribution in [0.25, 0.3) is 0 Å². The number of sulfone groups is 2. The Morgan fingerprint density at radius 3 is 1.62 bits per heavy atom. The van der Waals surface area contributed by atoms with Gasteiger partial charge in [-0.25, -0.2) is 16.8 Å². The number of hydrogen-bond acceptors (Lipinski definition) is 21. The molecule has 652 valence electrons. The highest BCUT2D eigenvalue weighted by atomic mass is 35.5. The van der Waals surface area contributed by atoms with E-state index in [1.54, 1.807) is 115 Å². The van der Waals surface area contributed by atoms with E-state index in [0.717, 1.165) is 32.8 Å². The van der Waals surface area contributed by atoms with Gasteiger partial charge in [0.2, 0.25) is 88.6 Å². The van der Waals surface area contributed by atoms with Crippen molar-refractivity contribution < 1.29 is 93.9 Å². The van der Waals surface area contributed by atoms with Gasteiger partial charge in [0.05, 0.1) is 31.1 Å². The van der Waals surface area contributed by atoms with Crippen molar-refractivity contribution in [2.75, 3.05) is 105 Å². The van der Waals surface area contributed by atoms with E-state index >= 15 is 9.59 Å². The molecule has 5 rings (SSSR count). The molecule has 0 radical (unpaired) electrons. The highest BCUT2D eigenvalue weighted by molar-refractivity contribution is 7.90. The van der Waals surface area contributed by atoms with Crippen LogP contribution in [0.1, 0.15) is 130 Å². The summed E-state index contributed by atoms with van der Waals surface area (Å²) in [6, 6.07) is -1.47. The van der Waals surface area contributed by atoms with Crippen molar-refractivity contribution in [3.63, 3.8) is 0 Å². The van der Waals surface area contributed by atoms with Gasteiger partial charge in [-0.3, -0.25) is 71.9 Å². The lowest BCUT2D eigenvalue weighted by Crippen LogP contribution is -2.62. The molecule has 2 aromatic rings. The number of nitrogens with zero attached hydrogens (tertiary/aromatic N) is 6. The van der Waals surface area contributed by atoms with E-state index in [4.69, 9.17) is 11.6 Å². The smallest absolute Gasteiger partial charge is 0.246 e. The van der Waals surface area contributed by atoms with E-state index in [1.165, 1.54) is 37.9 Å². The van der Waals surface area contributed by atoms with Gasteiger partial charge in [0, 0.05) is 84.2 Å². The Balaban J connectivity index is 1.39. The van der Waals surface area contributed by atoms with E-state index in [0.29, 0.717) is 36.4 Å². The molecule has 3 aliphatic rings. The fourth-order valence-electron chi connectivity index (χ4n) is 14.0. The van der Waals surface area contributed by atoms with Gasteiger partial charge in [-0.2, -0.15) is 0 Å². The number of amides is 15. The fraction of sp³-hybridized carbons (Fsp3) is 0.654. The van der Waals surface area contributed by atoms with E-state index in [2.05, 4.69) is 53.2 Å². The number of aryl methyl sites for hydroxylation is 1. The first kappa shape index (κ1) is 98.2. The van der Waals surface area contributed by atoms with Gasteiger partial charge in [-0.1, -0.05) is 102 Å². The zero-order valence-electron chi connectivity index (χ0n) is 69.5. The molecule has 3 fully saturated rings. The van der Waals surface area contributed by atoms with Crippen molar-refractivity contribution in [1.29, 1.82) is 0 Å². The molecular weight excluding hydrogens is 1580 g/mol. The molecule has 0 aliphatic carbocycles. The van der Waals surface area contributed by atoms with E-state index in [-0.39, 0.29) is 77.5 Å². The fourth-order valence-corrected chi connectivity index (χ4v) is 15.6. The number of rotatable bonds is 44. The summed E-state index contributed by atoms with van der Waals surface area (Å²) < 4.78 is 50.6. The molecule has 3 saturated heterocycles. The lowest BCUT2D eigenvalue weighted by molar-refractivity contribution is -0.147. The molecule has 0 bridgehead atoms. The van der Waals surface area contributed by atoms with Crippen LogP contribution in [-0.2, 0) is 104 Å². The van der Waals surface area contributed by atoms with Gasteiger partial charge in [-0.05, 0) is 120 Å². The van der Waals surface area contributed by atoms with Gasteiger partial charge >= 0.3 is 0 Å². The minimum atomic E-state index is -3.88. The minimum absolute atomic E-state index is 0.00787. The Bertz CT molecular complexity index is 4080. The molecule has 0 aromatic heterocycles. The second kappa shape index (κ2) is 46.1. The normalized spacial score (nSPS) is 18.1. The second-order valence-electron chi connectivity index (χ2n) is 31.5. The van der Waals surface area contributed by atoms with Crippen molar-refractivity contribution in [3.8, 4) is 0 Å². The standard InChI is InChI=1S/C78H121ClN16O20S2/c1-15-48(6)66(78(111)92(12)60(42-50-23-17-16-18-24-50)71(104)85-54(33-40-117(14,114)115)75(108)94-36-20-27-57(94)69(102)80-8)89-73(106)65(47(4)5)88-70(103)58-28-21-35-93(58)74(107)49(7)82-62(98)43-55(76(109)95-37-22-29-59(95)77(110)91(11)44-63(99)83-56(45-96)67(100)81-34-38-90(9)10)86-68(101)53(32-39-116(13,112)113)84-72(105)64(46(2)3)87-61(97)31-30-51-25-19-26-52(79)41-51/h16-19,23-26,41,46-49,53-60,64-66,96H,15,20-22,27-40,42-45H2,1-14H3,(H,80,102)(H,81,100)(H,82,98)(H,83,99)(H,84,105)(H,85,104)(H,86,101)(H,87,97)(H,88,103)(H,89,106)/t48-,49-,53-,54-,55-,56-,57?,58-,59-,60-,64-,65-,66-/m0/s1. The number of likely N-dealkylation sites (N-methyl/N-ethyl adjacent to an activating group) is 4. The number of carbonyl (C=O) groups excluding carboxylic acids is 15. The molecule has 0 spiro atoms. The van der Waals surface area contributed by atoms with Crippen LogP contribution in [0.2, 0.25) is 5.02 Å².